The van der Waals surface area contributed by atoms with E-state index in [9.17, 15) is 14.9 Å². The van der Waals surface area contributed by atoms with Gasteiger partial charge in [-0.15, -0.1) is 0 Å². The number of nitrogens with zero attached hydrogens (tertiary/aromatic N) is 3. The molecule has 0 spiro atoms. The van der Waals surface area contributed by atoms with Crippen molar-refractivity contribution in [3.8, 4) is 6.07 Å². The minimum atomic E-state index is -0.560. The summed E-state index contributed by atoms with van der Waals surface area (Å²) in [5, 5.41) is 19.6. The fourth-order valence-electron chi connectivity index (χ4n) is 2.00. The van der Waals surface area contributed by atoms with Crippen molar-refractivity contribution < 1.29 is 9.72 Å². The number of carbonyl (C=O) groups excluding carboxylic acids is 1. The molecule has 0 saturated carbocycles. The van der Waals surface area contributed by atoms with E-state index in [-0.39, 0.29) is 23.1 Å². The molecule has 6 heteroatoms. The molecule has 1 aromatic rings. The van der Waals surface area contributed by atoms with Crippen LogP contribution in [-0.4, -0.2) is 23.3 Å². The second-order valence-electron chi connectivity index (χ2n) is 4.71. The zero-order valence-electron chi connectivity index (χ0n) is 11.8. The minimum Gasteiger partial charge on any atom is -0.368 e. The molecule has 0 heterocycles. The van der Waals surface area contributed by atoms with Crippen LogP contribution in [0.2, 0.25) is 0 Å². The van der Waals surface area contributed by atoms with E-state index in [1.807, 2.05) is 18.7 Å². The van der Waals surface area contributed by atoms with Gasteiger partial charge in [0, 0.05) is 24.3 Å². The van der Waals surface area contributed by atoms with Crippen LogP contribution in [0.15, 0.2) is 18.2 Å². The van der Waals surface area contributed by atoms with Crippen LogP contribution in [0.3, 0.4) is 0 Å². The molecule has 0 saturated heterocycles. The van der Waals surface area contributed by atoms with E-state index in [0.717, 1.165) is 0 Å². The maximum absolute atomic E-state index is 11.6. The van der Waals surface area contributed by atoms with E-state index in [2.05, 4.69) is 6.07 Å². The van der Waals surface area contributed by atoms with Crippen LogP contribution in [0, 0.1) is 21.4 Å². The molecule has 0 aromatic heterocycles. The number of Topliss-reactive ketones (excluding diaryl/α,β-unsaturated/α-hetero) is 1. The Labute approximate surface area is 117 Å². The maximum atomic E-state index is 11.6. The number of nitro groups is 1. The predicted molar refractivity (Wildman–Crippen MR) is 75.8 cm³/mol. The molecule has 20 heavy (non-hydrogen) atoms. The third kappa shape index (κ3) is 3.54. The Morgan fingerprint density at radius 1 is 1.50 bits per heavy atom. The molecular weight excluding hydrogens is 258 g/mol. The van der Waals surface area contributed by atoms with Gasteiger partial charge in [-0.05, 0) is 32.9 Å². The summed E-state index contributed by atoms with van der Waals surface area (Å²) in [6, 6.07) is 6.68. The normalized spacial score (nSPS) is 10.2. The first kappa shape index (κ1) is 15.6. The lowest BCUT2D eigenvalue weighted by Crippen LogP contribution is -2.31. The molecule has 106 valence electrons. The maximum Gasteiger partial charge on any atom is 0.280 e. The number of rotatable bonds is 6. The Hall–Kier alpha value is -2.42. The summed E-state index contributed by atoms with van der Waals surface area (Å²) in [5.41, 5.74) is 0.617. The molecule has 0 aliphatic rings. The van der Waals surface area contributed by atoms with Crippen LogP contribution >= 0.6 is 0 Å². The Kier molecular flexibility index (Phi) is 5.21. The molecule has 0 aliphatic heterocycles. The van der Waals surface area contributed by atoms with E-state index >= 15 is 0 Å². The lowest BCUT2D eigenvalue weighted by molar-refractivity contribution is -0.385. The third-order valence-corrected chi connectivity index (χ3v) is 2.98. The number of nitro benzene ring substituents is 1. The number of anilines is 1. The number of hydrogen-bond donors (Lipinski definition) is 0. The third-order valence-electron chi connectivity index (χ3n) is 2.98. The van der Waals surface area contributed by atoms with E-state index in [1.165, 1.54) is 19.1 Å². The minimum absolute atomic E-state index is 0.0927. The van der Waals surface area contributed by atoms with Crippen LogP contribution in [-0.2, 0) is 0 Å². The quantitative estimate of drug-likeness (QED) is 0.452. The lowest BCUT2D eigenvalue weighted by Gasteiger charge is -2.28. The van der Waals surface area contributed by atoms with Gasteiger partial charge in [0.1, 0.15) is 0 Å². The van der Waals surface area contributed by atoms with Crippen molar-refractivity contribution in [2.45, 2.75) is 33.2 Å². The molecule has 0 unspecified atom stereocenters. The Morgan fingerprint density at radius 3 is 2.60 bits per heavy atom. The first-order valence-corrected chi connectivity index (χ1v) is 6.31. The Bertz CT molecular complexity index is 561. The van der Waals surface area contributed by atoms with Crippen LogP contribution < -0.4 is 4.90 Å². The molecule has 0 amide bonds. The highest BCUT2D eigenvalue weighted by Gasteiger charge is 2.20. The van der Waals surface area contributed by atoms with E-state index < -0.39 is 4.92 Å². The molecule has 0 radical (unpaired) electrons. The van der Waals surface area contributed by atoms with Crippen molar-refractivity contribution in [2.24, 2.45) is 0 Å². The van der Waals surface area contributed by atoms with Crippen molar-refractivity contribution in [3.63, 3.8) is 0 Å². The first-order chi connectivity index (χ1) is 9.38. The molecule has 1 rings (SSSR count). The molecule has 0 bridgehead atoms. The highest BCUT2D eigenvalue weighted by atomic mass is 16.6. The highest BCUT2D eigenvalue weighted by Crippen LogP contribution is 2.26. The van der Waals surface area contributed by atoms with E-state index in [0.29, 0.717) is 18.7 Å². The van der Waals surface area contributed by atoms with Crippen LogP contribution in [0.4, 0.5) is 11.4 Å². The summed E-state index contributed by atoms with van der Waals surface area (Å²) in [7, 11) is 0. The van der Waals surface area contributed by atoms with Crippen molar-refractivity contribution in [1.29, 1.82) is 5.26 Å². The van der Waals surface area contributed by atoms with Gasteiger partial charge in [0.05, 0.1) is 23.0 Å². The second-order valence-corrected chi connectivity index (χ2v) is 4.71. The largest absolute Gasteiger partial charge is 0.368 e. The number of benzene rings is 1. The number of ketones is 1. The van der Waals surface area contributed by atoms with Gasteiger partial charge in [0.15, 0.2) is 5.78 Å². The molecular formula is C14H17N3O3. The van der Waals surface area contributed by atoms with Crippen LogP contribution in [0.5, 0.6) is 0 Å². The summed E-state index contributed by atoms with van der Waals surface area (Å²) in [5.74, 6) is -0.345. The summed E-state index contributed by atoms with van der Waals surface area (Å²) >= 11 is 0. The average Bonchev–Trinajstić information content (AvgIpc) is 2.38. The summed E-state index contributed by atoms with van der Waals surface area (Å²) in [6.45, 7) is 5.75. The van der Waals surface area contributed by atoms with Crippen LogP contribution in [0.25, 0.3) is 0 Å². The zero-order valence-corrected chi connectivity index (χ0v) is 11.8. The fourth-order valence-corrected chi connectivity index (χ4v) is 2.00. The van der Waals surface area contributed by atoms with Gasteiger partial charge < -0.3 is 4.90 Å². The van der Waals surface area contributed by atoms with Gasteiger partial charge in [0.25, 0.3) is 5.69 Å². The Morgan fingerprint density at radius 2 is 2.15 bits per heavy atom. The van der Waals surface area contributed by atoms with Gasteiger partial charge in [-0.25, -0.2) is 0 Å². The van der Waals surface area contributed by atoms with E-state index in [4.69, 9.17) is 5.26 Å². The van der Waals surface area contributed by atoms with E-state index in [1.54, 1.807) is 6.07 Å². The van der Waals surface area contributed by atoms with Crippen molar-refractivity contribution in [2.75, 3.05) is 11.4 Å². The smallest absolute Gasteiger partial charge is 0.280 e. The van der Waals surface area contributed by atoms with Crippen molar-refractivity contribution >= 4 is 17.2 Å². The molecule has 1 aromatic carbocycles. The fraction of sp³-hybridized carbons (Fsp3) is 0.429. The second kappa shape index (κ2) is 6.66. The van der Waals surface area contributed by atoms with Crippen LogP contribution in [0.1, 0.15) is 37.6 Å². The number of carbonyl (C=O) groups is 1. The van der Waals surface area contributed by atoms with Gasteiger partial charge >= 0.3 is 0 Å². The number of nitriles is 1. The number of hydrogen-bond acceptors (Lipinski definition) is 5. The monoisotopic (exact) mass is 275 g/mol. The average molecular weight is 275 g/mol. The predicted octanol–water partition coefficient (Wildman–Crippen LogP) is 2.93. The van der Waals surface area contributed by atoms with Crippen molar-refractivity contribution in [1.82, 2.24) is 0 Å². The molecule has 0 aliphatic carbocycles. The van der Waals surface area contributed by atoms with Gasteiger partial charge in [-0.3, -0.25) is 14.9 Å². The standard InChI is InChI=1S/C14H17N3O3/c1-10(2)16(8-4-7-15)12-5-6-14(17(19)20)13(9-12)11(3)18/h5-6,9-10H,4,8H2,1-3H3. The molecule has 0 atom stereocenters. The summed E-state index contributed by atoms with van der Waals surface area (Å²) < 4.78 is 0. The van der Waals surface area contributed by atoms with Crippen molar-refractivity contribution in [3.05, 3.63) is 33.9 Å². The summed E-state index contributed by atoms with van der Waals surface area (Å²) in [4.78, 5) is 23.8. The summed E-state index contributed by atoms with van der Waals surface area (Å²) in [6.07, 6.45) is 0.352. The highest BCUT2D eigenvalue weighted by molar-refractivity contribution is 5.99. The van der Waals surface area contributed by atoms with Gasteiger partial charge in [-0.2, -0.15) is 5.26 Å². The molecule has 6 nitrogen and oxygen atoms in total. The molecule has 0 fully saturated rings. The first-order valence-electron chi connectivity index (χ1n) is 6.31. The Balaban J connectivity index is 3.25. The topological polar surface area (TPSA) is 87.2 Å². The lowest BCUT2D eigenvalue weighted by atomic mass is 10.1. The molecule has 0 N–H and O–H groups in total. The van der Waals surface area contributed by atoms with Gasteiger partial charge in [-0.1, -0.05) is 0 Å². The van der Waals surface area contributed by atoms with Gasteiger partial charge in [0.2, 0.25) is 0 Å². The SMILES string of the molecule is CC(=O)c1cc(N(CCC#N)C(C)C)ccc1[N+](=O)[O-]. The zero-order chi connectivity index (χ0) is 15.3.